The number of amides is 1. The summed E-state index contributed by atoms with van der Waals surface area (Å²) < 4.78 is 15.8. The van der Waals surface area contributed by atoms with Gasteiger partial charge in [-0.25, -0.2) is 0 Å². The van der Waals surface area contributed by atoms with Crippen molar-refractivity contribution >= 4 is 29.0 Å². The first kappa shape index (κ1) is 28.6. The van der Waals surface area contributed by atoms with Crippen molar-refractivity contribution in [3.05, 3.63) is 46.5 Å². The van der Waals surface area contributed by atoms with Crippen molar-refractivity contribution in [1.82, 2.24) is 10.2 Å². The molecule has 2 aromatic rings. The van der Waals surface area contributed by atoms with E-state index in [0.717, 1.165) is 51.7 Å². The third kappa shape index (κ3) is 8.01. The van der Waals surface area contributed by atoms with Gasteiger partial charge in [-0.2, -0.15) is 0 Å². The highest BCUT2D eigenvalue weighted by Gasteiger charge is 2.21. The van der Waals surface area contributed by atoms with Gasteiger partial charge in [0.15, 0.2) is 17.3 Å². The Bertz CT molecular complexity index is 1070. The minimum Gasteiger partial charge on any atom is -0.496 e. The fraction of sp³-hybridized carbons (Fsp3) is 0.500. The number of nitrogens with one attached hydrogen (secondary N) is 1. The number of likely N-dealkylation sites (tertiary alicyclic amines) is 1. The first-order valence-electron chi connectivity index (χ1n) is 12.7. The van der Waals surface area contributed by atoms with E-state index in [1.54, 1.807) is 44.6 Å². The Morgan fingerprint density at radius 3 is 2.35 bits per heavy atom. The Morgan fingerprint density at radius 1 is 0.973 bits per heavy atom. The lowest BCUT2D eigenvalue weighted by Gasteiger charge is -2.32. The highest BCUT2D eigenvalue weighted by Crippen LogP contribution is 2.29. The normalized spacial score (nSPS) is 14.3. The van der Waals surface area contributed by atoms with E-state index in [1.807, 2.05) is 0 Å². The Balaban J connectivity index is 1.32. The van der Waals surface area contributed by atoms with Gasteiger partial charge >= 0.3 is 0 Å². The molecule has 8 nitrogen and oxygen atoms in total. The van der Waals surface area contributed by atoms with Crippen molar-refractivity contribution in [1.29, 1.82) is 0 Å². The monoisotopic (exact) mass is 531 g/mol. The van der Waals surface area contributed by atoms with Gasteiger partial charge in [0.1, 0.15) is 5.75 Å². The first-order valence-corrected chi connectivity index (χ1v) is 13.1. The van der Waals surface area contributed by atoms with Crippen molar-refractivity contribution in [2.75, 3.05) is 53.2 Å². The lowest BCUT2D eigenvalue weighted by Crippen LogP contribution is -2.39. The third-order valence-corrected chi connectivity index (χ3v) is 7.23. The van der Waals surface area contributed by atoms with Crippen molar-refractivity contribution in [3.8, 4) is 17.2 Å². The number of nitrogens with two attached hydrogens (primary N) is 1. The Labute approximate surface area is 224 Å². The fourth-order valence-electron chi connectivity index (χ4n) is 4.61. The van der Waals surface area contributed by atoms with E-state index in [9.17, 15) is 9.59 Å². The van der Waals surface area contributed by atoms with Crippen LogP contribution in [0.2, 0.25) is 5.02 Å². The van der Waals surface area contributed by atoms with Crippen molar-refractivity contribution < 1.29 is 23.8 Å². The number of Topliss-reactive ketones (excluding diaryl/α,β-unsaturated/α-hetero) is 1. The predicted octanol–water partition coefficient (Wildman–Crippen LogP) is 4.83. The molecule has 0 bridgehead atoms. The molecule has 3 rings (SSSR count). The number of ether oxygens (including phenoxy) is 3. The summed E-state index contributed by atoms with van der Waals surface area (Å²) in [6.45, 7) is 3.69. The molecule has 0 aliphatic carbocycles. The van der Waals surface area contributed by atoms with Crippen LogP contribution in [0.15, 0.2) is 30.3 Å². The molecule has 3 N–H and O–H groups in total. The van der Waals surface area contributed by atoms with Crippen molar-refractivity contribution in [2.45, 2.75) is 38.5 Å². The van der Waals surface area contributed by atoms with Crippen LogP contribution in [0.5, 0.6) is 17.2 Å². The molecular formula is C28H38ClN3O5. The Hall–Kier alpha value is -2.97. The number of anilines is 1. The van der Waals surface area contributed by atoms with Crippen LogP contribution in [0.25, 0.3) is 0 Å². The summed E-state index contributed by atoms with van der Waals surface area (Å²) >= 11 is 6.09. The van der Waals surface area contributed by atoms with E-state index in [4.69, 9.17) is 31.5 Å². The number of carbonyl (C=O) groups is 2. The third-order valence-electron chi connectivity index (χ3n) is 6.91. The van der Waals surface area contributed by atoms with Gasteiger partial charge in [-0.3, -0.25) is 9.59 Å². The molecular weight excluding hydrogens is 494 g/mol. The molecule has 202 valence electrons. The zero-order valence-corrected chi connectivity index (χ0v) is 22.7. The number of benzene rings is 2. The molecule has 1 aliphatic heterocycles. The van der Waals surface area contributed by atoms with Crippen LogP contribution >= 0.6 is 11.6 Å². The second-order valence-electron chi connectivity index (χ2n) is 9.37. The lowest BCUT2D eigenvalue weighted by molar-refractivity contribution is 0.0932. The highest BCUT2D eigenvalue weighted by molar-refractivity contribution is 6.33. The maximum absolute atomic E-state index is 12.7. The summed E-state index contributed by atoms with van der Waals surface area (Å²) in [6.07, 6.45) is 5.56. The van der Waals surface area contributed by atoms with E-state index in [1.165, 1.54) is 7.11 Å². The van der Waals surface area contributed by atoms with Crippen molar-refractivity contribution in [3.63, 3.8) is 0 Å². The van der Waals surface area contributed by atoms with Gasteiger partial charge in [-0.15, -0.1) is 0 Å². The topological polar surface area (TPSA) is 103 Å². The number of piperidine rings is 1. The van der Waals surface area contributed by atoms with Crippen LogP contribution in [0.1, 0.15) is 59.2 Å². The number of ketones is 1. The molecule has 1 aliphatic rings. The van der Waals surface area contributed by atoms with E-state index in [-0.39, 0.29) is 11.7 Å². The molecule has 37 heavy (non-hydrogen) atoms. The minimum atomic E-state index is -0.205. The maximum atomic E-state index is 12.7. The van der Waals surface area contributed by atoms with Crippen LogP contribution in [0.3, 0.4) is 0 Å². The Kier molecular flexibility index (Phi) is 10.9. The molecule has 0 saturated carbocycles. The molecule has 1 saturated heterocycles. The molecule has 1 heterocycles. The fourth-order valence-corrected chi connectivity index (χ4v) is 4.78. The minimum absolute atomic E-state index is 0.127. The SMILES string of the molecule is COc1ccc(C(=O)CCCCCN2CCC(CNC(=O)c3cc(Cl)c(N)cc3OC)CC2)cc1OC. The van der Waals surface area contributed by atoms with Gasteiger partial charge in [0.25, 0.3) is 5.91 Å². The number of rotatable bonds is 13. The second kappa shape index (κ2) is 14.1. The van der Waals surface area contributed by atoms with Gasteiger partial charge < -0.3 is 30.2 Å². The standard InChI is InChI=1S/C28H38ClN3O5/c1-35-25-9-8-20(15-27(25)37-3)24(33)7-5-4-6-12-32-13-10-19(11-14-32)18-31-28(34)21-16-22(29)23(30)17-26(21)36-2/h8-9,15-17,19H,4-7,10-14,18,30H2,1-3H3,(H,31,34). The average molecular weight is 532 g/mol. The second-order valence-corrected chi connectivity index (χ2v) is 9.78. The number of methoxy groups -OCH3 is 3. The van der Waals surface area contributed by atoms with Gasteiger partial charge in [0, 0.05) is 24.6 Å². The van der Waals surface area contributed by atoms with E-state index >= 15 is 0 Å². The molecule has 0 spiro atoms. The van der Waals surface area contributed by atoms with E-state index < -0.39 is 0 Å². The van der Waals surface area contributed by atoms with Crippen LogP contribution in [0.4, 0.5) is 5.69 Å². The van der Waals surface area contributed by atoms with Gasteiger partial charge in [-0.1, -0.05) is 18.0 Å². The number of nitrogen functional groups attached to an aromatic ring is 1. The molecule has 0 radical (unpaired) electrons. The zero-order chi connectivity index (χ0) is 26.8. The smallest absolute Gasteiger partial charge is 0.255 e. The molecule has 2 aromatic carbocycles. The number of nitrogens with zero attached hydrogens (tertiary/aromatic N) is 1. The van der Waals surface area contributed by atoms with Gasteiger partial charge in [0.2, 0.25) is 0 Å². The zero-order valence-electron chi connectivity index (χ0n) is 22.0. The van der Waals surface area contributed by atoms with E-state index in [2.05, 4.69) is 10.2 Å². The van der Waals surface area contributed by atoms with E-state index in [0.29, 0.717) is 58.0 Å². The molecule has 1 amide bonds. The lowest BCUT2D eigenvalue weighted by atomic mass is 9.96. The number of hydrogen-bond acceptors (Lipinski definition) is 7. The molecule has 9 heteroatoms. The maximum Gasteiger partial charge on any atom is 0.255 e. The molecule has 0 unspecified atom stereocenters. The van der Waals surface area contributed by atoms with Crippen LogP contribution in [0, 0.1) is 5.92 Å². The molecule has 0 atom stereocenters. The van der Waals surface area contributed by atoms with Gasteiger partial charge in [-0.05, 0) is 75.5 Å². The Morgan fingerprint density at radius 2 is 1.68 bits per heavy atom. The highest BCUT2D eigenvalue weighted by atomic mass is 35.5. The summed E-state index contributed by atoms with van der Waals surface area (Å²) in [6, 6.07) is 8.43. The number of halogens is 1. The number of unbranched alkanes of at least 4 members (excludes halogenated alkanes) is 2. The predicted molar refractivity (Wildman–Crippen MR) is 146 cm³/mol. The number of hydrogen-bond donors (Lipinski definition) is 2. The van der Waals surface area contributed by atoms with Crippen LogP contribution in [-0.4, -0.2) is 64.1 Å². The summed E-state index contributed by atoms with van der Waals surface area (Å²) in [4.78, 5) is 27.7. The number of carbonyl (C=O) groups excluding carboxylic acids is 2. The largest absolute Gasteiger partial charge is 0.496 e. The average Bonchev–Trinajstić information content (AvgIpc) is 2.92. The van der Waals surface area contributed by atoms with Crippen molar-refractivity contribution in [2.24, 2.45) is 5.92 Å². The molecule has 1 fully saturated rings. The van der Waals surface area contributed by atoms with Crippen LogP contribution in [-0.2, 0) is 0 Å². The van der Waals surface area contributed by atoms with Gasteiger partial charge in [0.05, 0.1) is 37.6 Å². The summed E-state index contributed by atoms with van der Waals surface area (Å²) in [5, 5.41) is 3.36. The quantitative estimate of drug-likeness (QED) is 0.217. The first-order chi connectivity index (χ1) is 17.9. The summed E-state index contributed by atoms with van der Waals surface area (Å²) in [5.41, 5.74) is 7.24. The summed E-state index contributed by atoms with van der Waals surface area (Å²) in [5.74, 6) is 1.98. The van der Waals surface area contributed by atoms with Crippen LogP contribution < -0.4 is 25.3 Å². The molecule has 0 aromatic heterocycles. The summed E-state index contributed by atoms with van der Waals surface area (Å²) in [7, 11) is 4.66.